The fourth-order valence-corrected chi connectivity index (χ4v) is 3.69. The van der Waals surface area contributed by atoms with Crippen LogP contribution in [0.25, 0.3) is 0 Å². The number of benzene rings is 2. The fourth-order valence-electron chi connectivity index (χ4n) is 3.46. The standard InChI is InChI=1S/C22H20ClFN4O2/c1-14-11-16(23)5-8-18(14)25-21(29)19-12-20-22(30)27(9-2-10-28(20)26-19)13-15-3-6-17(24)7-4-15/h3-8,11-12H,2,9-10,13H2,1H3,(H,25,29). The Labute approximate surface area is 178 Å². The maximum Gasteiger partial charge on any atom is 0.276 e. The van der Waals surface area contributed by atoms with Gasteiger partial charge in [0.25, 0.3) is 11.8 Å². The van der Waals surface area contributed by atoms with E-state index in [4.69, 9.17) is 11.6 Å². The van der Waals surface area contributed by atoms with Gasteiger partial charge in [0.1, 0.15) is 11.5 Å². The van der Waals surface area contributed by atoms with Crippen molar-refractivity contribution in [3.8, 4) is 0 Å². The summed E-state index contributed by atoms with van der Waals surface area (Å²) in [5.41, 5.74) is 2.85. The minimum Gasteiger partial charge on any atom is -0.333 e. The van der Waals surface area contributed by atoms with E-state index in [1.165, 1.54) is 18.2 Å². The van der Waals surface area contributed by atoms with Crippen molar-refractivity contribution >= 4 is 29.1 Å². The van der Waals surface area contributed by atoms with E-state index in [-0.39, 0.29) is 23.3 Å². The van der Waals surface area contributed by atoms with E-state index in [1.807, 2.05) is 6.92 Å². The van der Waals surface area contributed by atoms with Crippen molar-refractivity contribution in [1.82, 2.24) is 14.7 Å². The van der Waals surface area contributed by atoms with Crippen molar-refractivity contribution in [3.63, 3.8) is 0 Å². The lowest BCUT2D eigenvalue weighted by molar-refractivity contribution is 0.0745. The van der Waals surface area contributed by atoms with Gasteiger partial charge in [-0.3, -0.25) is 14.3 Å². The van der Waals surface area contributed by atoms with E-state index in [2.05, 4.69) is 10.4 Å². The maximum atomic E-state index is 13.1. The molecule has 0 saturated heterocycles. The summed E-state index contributed by atoms with van der Waals surface area (Å²) in [6.07, 6.45) is 0.707. The van der Waals surface area contributed by atoms with Gasteiger partial charge in [-0.15, -0.1) is 0 Å². The second-order valence-electron chi connectivity index (χ2n) is 7.26. The molecule has 4 rings (SSSR count). The minimum atomic E-state index is -0.390. The first-order valence-electron chi connectivity index (χ1n) is 9.60. The summed E-state index contributed by atoms with van der Waals surface area (Å²) in [6, 6.07) is 12.8. The molecule has 3 aromatic rings. The van der Waals surface area contributed by atoms with E-state index in [0.717, 1.165) is 11.1 Å². The molecule has 1 aliphatic rings. The van der Waals surface area contributed by atoms with Gasteiger partial charge >= 0.3 is 0 Å². The van der Waals surface area contributed by atoms with Gasteiger partial charge in [-0.1, -0.05) is 23.7 Å². The molecule has 0 saturated carbocycles. The zero-order chi connectivity index (χ0) is 21.3. The lowest BCUT2D eigenvalue weighted by Crippen LogP contribution is -2.30. The van der Waals surface area contributed by atoms with E-state index in [1.54, 1.807) is 39.9 Å². The summed E-state index contributed by atoms with van der Waals surface area (Å²) in [5.74, 6) is -0.907. The molecule has 0 bridgehead atoms. The van der Waals surface area contributed by atoms with Gasteiger partial charge < -0.3 is 10.2 Å². The van der Waals surface area contributed by atoms with E-state index < -0.39 is 0 Å². The molecule has 2 aromatic carbocycles. The number of carbonyl (C=O) groups excluding carboxylic acids is 2. The predicted molar refractivity (Wildman–Crippen MR) is 112 cm³/mol. The van der Waals surface area contributed by atoms with Crippen LogP contribution in [-0.2, 0) is 13.1 Å². The fraction of sp³-hybridized carbons (Fsp3) is 0.227. The van der Waals surface area contributed by atoms with Gasteiger partial charge in [-0.25, -0.2) is 4.39 Å². The molecule has 2 heterocycles. The number of anilines is 1. The van der Waals surface area contributed by atoms with Crippen LogP contribution in [0.4, 0.5) is 10.1 Å². The normalized spacial score (nSPS) is 13.7. The molecule has 0 unspecified atom stereocenters. The highest BCUT2D eigenvalue weighted by atomic mass is 35.5. The van der Waals surface area contributed by atoms with Crippen LogP contribution in [0.2, 0.25) is 5.02 Å². The summed E-state index contributed by atoms with van der Waals surface area (Å²) < 4.78 is 14.7. The lowest BCUT2D eigenvalue weighted by atomic mass is 10.2. The number of fused-ring (bicyclic) bond motifs is 1. The van der Waals surface area contributed by atoms with Crippen LogP contribution in [-0.4, -0.2) is 33.0 Å². The molecule has 1 N–H and O–H groups in total. The Morgan fingerprint density at radius 1 is 1.17 bits per heavy atom. The Bertz CT molecular complexity index is 1110. The number of halogens is 2. The Morgan fingerprint density at radius 2 is 1.93 bits per heavy atom. The van der Waals surface area contributed by atoms with Crippen molar-refractivity contribution < 1.29 is 14.0 Å². The molecule has 1 aromatic heterocycles. The predicted octanol–water partition coefficient (Wildman–Crippen LogP) is 4.28. The van der Waals surface area contributed by atoms with E-state index >= 15 is 0 Å². The average molecular weight is 427 g/mol. The number of nitrogens with one attached hydrogen (secondary N) is 1. The summed E-state index contributed by atoms with van der Waals surface area (Å²) in [4.78, 5) is 27.4. The zero-order valence-corrected chi connectivity index (χ0v) is 17.1. The Balaban J connectivity index is 1.53. The highest BCUT2D eigenvalue weighted by Gasteiger charge is 2.26. The summed E-state index contributed by atoms with van der Waals surface area (Å²) in [6.45, 7) is 3.32. The molecule has 1 aliphatic heterocycles. The topological polar surface area (TPSA) is 67.2 Å². The van der Waals surface area contributed by atoms with Crippen molar-refractivity contribution in [1.29, 1.82) is 0 Å². The largest absolute Gasteiger partial charge is 0.333 e. The molecule has 0 radical (unpaired) electrons. The van der Waals surface area contributed by atoms with Crippen molar-refractivity contribution in [3.05, 3.63) is 81.9 Å². The van der Waals surface area contributed by atoms with Gasteiger partial charge in [0.05, 0.1) is 0 Å². The number of nitrogens with zero attached hydrogens (tertiary/aromatic N) is 3. The molecule has 0 atom stereocenters. The highest BCUT2D eigenvalue weighted by Crippen LogP contribution is 2.21. The molecule has 154 valence electrons. The van der Waals surface area contributed by atoms with Gasteiger partial charge in [-0.2, -0.15) is 5.10 Å². The third kappa shape index (κ3) is 4.21. The van der Waals surface area contributed by atoms with Crippen LogP contribution in [0.5, 0.6) is 0 Å². The number of carbonyl (C=O) groups is 2. The second kappa shape index (κ2) is 8.28. The van der Waals surface area contributed by atoms with Gasteiger partial charge in [0.15, 0.2) is 5.69 Å². The molecule has 2 amide bonds. The smallest absolute Gasteiger partial charge is 0.276 e. The van der Waals surface area contributed by atoms with Crippen molar-refractivity contribution in [2.24, 2.45) is 0 Å². The molecular weight excluding hydrogens is 407 g/mol. The van der Waals surface area contributed by atoms with Gasteiger partial charge in [-0.05, 0) is 54.8 Å². The van der Waals surface area contributed by atoms with E-state index in [0.29, 0.717) is 42.5 Å². The second-order valence-corrected chi connectivity index (χ2v) is 7.69. The number of hydrogen-bond donors (Lipinski definition) is 1. The molecule has 0 fully saturated rings. The van der Waals surface area contributed by atoms with Gasteiger partial charge in [0, 0.05) is 36.4 Å². The highest BCUT2D eigenvalue weighted by molar-refractivity contribution is 6.30. The summed E-state index contributed by atoms with van der Waals surface area (Å²) in [5, 5.41) is 7.74. The summed E-state index contributed by atoms with van der Waals surface area (Å²) >= 11 is 5.96. The third-order valence-electron chi connectivity index (χ3n) is 5.04. The van der Waals surface area contributed by atoms with Crippen LogP contribution in [0, 0.1) is 12.7 Å². The molecule has 6 nitrogen and oxygen atoms in total. The Morgan fingerprint density at radius 3 is 2.67 bits per heavy atom. The van der Waals surface area contributed by atoms with E-state index in [9.17, 15) is 14.0 Å². The number of hydrogen-bond acceptors (Lipinski definition) is 3. The minimum absolute atomic E-state index is 0.177. The Hall–Kier alpha value is -3.19. The first kappa shape index (κ1) is 20.1. The molecule has 8 heteroatoms. The summed E-state index contributed by atoms with van der Waals surface area (Å²) in [7, 11) is 0. The SMILES string of the molecule is Cc1cc(Cl)ccc1NC(=O)c1cc2n(n1)CCCN(Cc1ccc(F)cc1)C2=O. The number of amides is 2. The lowest BCUT2D eigenvalue weighted by Gasteiger charge is -2.20. The van der Waals surface area contributed by atoms with Gasteiger partial charge in [0.2, 0.25) is 0 Å². The monoisotopic (exact) mass is 426 g/mol. The number of aryl methyl sites for hydroxylation is 2. The van der Waals surface area contributed by atoms with Crippen LogP contribution in [0.15, 0.2) is 48.5 Å². The molecule has 0 aliphatic carbocycles. The number of aromatic nitrogens is 2. The molecule has 30 heavy (non-hydrogen) atoms. The van der Waals surface area contributed by atoms with Crippen molar-refractivity contribution in [2.45, 2.75) is 26.4 Å². The zero-order valence-electron chi connectivity index (χ0n) is 16.4. The maximum absolute atomic E-state index is 13.1. The first-order chi connectivity index (χ1) is 14.4. The first-order valence-corrected chi connectivity index (χ1v) is 9.97. The quantitative estimate of drug-likeness (QED) is 0.677. The van der Waals surface area contributed by atoms with Crippen LogP contribution in [0.3, 0.4) is 0 Å². The average Bonchev–Trinajstić information content (AvgIpc) is 3.09. The molecular formula is C22H20ClFN4O2. The van der Waals surface area contributed by atoms with Crippen molar-refractivity contribution in [2.75, 3.05) is 11.9 Å². The van der Waals surface area contributed by atoms with Crippen LogP contribution < -0.4 is 5.32 Å². The number of rotatable bonds is 4. The Kier molecular flexibility index (Phi) is 5.55. The third-order valence-corrected chi connectivity index (χ3v) is 5.28. The van der Waals surface area contributed by atoms with Crippen LogP contribution >= 0.6 is 11.6 Å². The molecule has 0 spiro atoms. The van der Waals surface area contributed by atoms with Crippen LogP contribution in [0.1, 0.15) is 38.5 Å².